The summed E-state index contributed by atoms with van der Waals surface area (Å²) in [4.78, 5) is 35.1. The van der Waals surface area contributed by atoms with Gasteiger partial charge in [0, 0.05) is 13.1 Å². The van der Waals surface area contributed by atoms with Crippen molar-refractivity contribution in [3.05, 3.63) is 153 Å². The Kier molecular flexibility index (Phi) is 10.1. The standard InChI is InChI=1S/C39H40N4O2S/c1-2-42-34-27-17-16-26-33(34)40-35-36(42)41-38(45)43(37(35)44)28-18-5-3-4-6-19-29-46-39(30-20-10-7-11-21-30,31-22-12-8-13-23-31)32-24-14-9-15-25-32/h7-17,20-27H,2-6,18-19,28-29H2,1H3. The fourth-order valence-electron chi connectivity index (χ4n) is 6.41. The summed E-state index contributed by atoms with van der Waals surface area (Å²) in [5.74, 6) is 1.40. The molecule has 4 aromatic carbocycles. The van der Waals surface area contributed by atoms with Gasteiger partial charge in [0.25, 0.3) is 5.56 Å². The lowest BCUT2D eigenvalue weighted by Gasteiger charge is -2.35. The maximum absolute atomic E-state index is 13.3. The third kappa shape index (κ3) is 6.42. The molecule has 6 rings (SSSR count). The lowest BCUT2D eigenvalue weighted by atomic mass is 9.84. The Morgan fingerprint density at radius 3 is 1.72 bits per heavy atom. The zero-order valence-corrected chi connectivity index (χ0v) is 27.2. The van der Waals surface area contributed by atoms with Crippen LogP contribution in [0.25, 0.3) is 22.6 Å². The number of fused-ring (bicyclic) bond motifs is 2. The van der Waals surface area contributed by atoms with E-state index in [-0.39, 0.29) is 16.0 Å². The molecule has 2 aliphatic rings. The van der Waals surface area contributed by atoms with Crippen LogP contribution >= 0.6 is 11.8 Å². The van der Waals surface area contributed by atoms with E-state index in [0.29, 0.717) is 18.9 Å². The first-order valence-corrected chi connectivity index (χ1v) is 17.3. The second-order valence-electron chi connectivity index (χ2n) is 11.6. The zero-order chi connectivity index (χ0) is 31.8. The van der Waals surface area contributed by atoms with E-state index in [1.807, 2.05) is 47.5 Å². The number of rotatable bonds is 14. The monoisotopic (exact) mass is 628 g/mol. The van der Waals surface area contributed by atoms with Gasteiger partial charge >= 0.3 is 5.69 Å². The van der Waals surface area contributed by atoms with Crippen molar-refractivity contribution in [1.29, 1.82) is 0 Å². The molecule has 46 heavy (non-hydrogen) atoms. The first-order valence-electron chi connectivity index (χ1n) is 16.3. The van der Waals surface area contributed by atoms with Crippen molar-refractivity contribution >= 4 is 22.8 Å². The number of unbranched alkanes of at least 4 members (excludes halogenated alkanes) is 5. The molecular formula is C39H40N4O2S. The van der Waals surface area contributed by atoms with E-state index < -0.39 is 5.69 Å². The highest BCUT2D eigenvalue weighted by Crippen LogP contribution is 2.48. The highest BCUT2D eigenvalue weighted by Gasteiger charge is 2.36. The smallest absolute Gasteiger partial charge is 0.323 e. The van der Waals surface area contributed by atoms with E-state index in [2.05, 4.69) is 101 Å². The molecule has 2 heterocycles. The molecule has 4 aromatic rings. The molecule has 0 unspecified atom stereocenters. The number of para-hydroxylation sites is 2. The van der Waals surface area contributed by atoms with Crippen LogP contribution in [0, 0.1) is 0 Å². The summed E-state index contributed by atoms with van der Waals surface area (Å²) >= 11 is 2.01. The molecule has 0 aliphatic carbocycles. The number of thioether (sulfide) groups is 1. The topological polar surface area (TPSA) is 69.8 Å². The molecule has 0 saturated heterocycles. The van der Waals surface area contributed by atoms with Crippen molar-refractivity contribution in [3.63, 3.8) is 0 Å². The fraction of sp³-hybridized carbons (Fsp3) is 0.282. The number of hydrogen-bond donors (Lipinski definition) is 0. The molecule has 6 nitrogen and oxygen atoms in total. The summed E-state index contributed by atoms with van der Waals surface area (Å²) in [7, 11) is 0. The van der Waals surface area contributed by atoms with Gasteiger partial charge in [-0.2, -0.15) is 4.98 Å². The molecule has 0 radical (unpaired) electrons. The molecule has 0 aromatic heterocycles. The molecule has 2 aliphatic heterocycles. The average Bonchev–Trinajstić information content (AvgIpc) is 3.11. The molecule has 0 saturated carbocycles. The number of aromatic nitrogens is 4. The summed E-state index contributed by atoms with van der Waals surface area (Å²) in [6.07, 6.45) is 6.16. The van der Waals surface area contributed by atoms with Gasteiger partial charge in [0.2, 0.25) is 0 Å². The minimum atomic E-state index is -0.493. The van der Waals surface area contributed by atoms with Crippen LogP contribution in [0.1, 0.15) is 62.1 Å². The molecule has 234 valence electrons. The van der Waals surface area contributed by atoms with E-state index in [1.54, 1.807) is 0 Å². The Hall–Kier alpha value is -4.49. The van der Waals surface area contributed by atoms with Gasteiger partial charge in [-0.3, -0.25) is 9.36 Å². The second-order valence-corrected chi connectivity index (χ2v) is 12.9. The molecule has 7 heteroatoms. The molecule has 0 bridgehead atoms. The lowest BCUT2D eigenvalue weighted by Crippen LogP contribution is -2.38. The number of benzene rings is 4. The van der Waals surface area contributed by atoms with Crippen LogP contribution in [0.3, 0.4) is 0 Å². The Morgan fingerprint density at radius 1 is 0.609 bits per heavy atom. The van der Waals surface area contributed by atoms with Crippen LogP contribution in [0.2, 0.25) is 0 Å². The second kappa shape index (κ2) is 14.7. The summed E-state index contributed by atoms with van der Waals surface area (Å²) in [6, 6.07) is 40.2. The van der Waals surface area contributed by atoms with Gasteiger partial charge in [0.15, 0.2) is 11.5 Å². The fourth-order valence-corrected chi connectivity index (χ4v) is 7.97. The summed E-state index contributed by atoms with van der Waals surface area (Å²) < 4.78 is 2.88. The predicted octanol–water partition coefficient (Wildman–Crippen LogP) is 8.14. The molecular weight excluding hydrogens is 589 g/mol. The van der Waals surface area contributed by atoms with Crippen molar-refractivity contribution in [2.24, 2.45) is 0 Å². The molecule has 0 atom stereocenters. The molecule has 0 amide bonds. The van der Waals surface area contributed by atoms with Crippen molar-refractivity contribution < 1.29 is 0 Å². The van der Waals surface area contributed by atoms with Crippen LogP contribution in [-0.2, 0) is 17.8 Å². The lowest BCUT2D eigenvalue weighted by molar-refractivity contribution is 0.533. The van der Waals surface area contributed by atoms with Gasteiger partial charge in [-0.25, -0.2) is 9.78 Å². The first kappa shape index (κ1) is 31.5. The van der Waals surface area contributed by atoms with E-state index in [1.165, 1.54) is 21.3 Å². The first-order chi connectivity index (χ1) is 22.6. The minimum Gasteiger partial charge on any atom is -0.323 e. The van der Waals surface area contributed by atoms with E-state index in [9.17, 15) is 9.59 Å². The Balaban J connectivity index is 1.06. The van der Waals surface area contributed by atoms with Gasteiger partial charge in [-0.05, 0) is 54.3 Å². The van der Waals surface area contributed by atoms with Crippen LogP contribution in [0.4, 0.5) is 0 Å². The normalized spacial score (nSPS) is 11.8. The van der Waals surface area contributed by atoms with Crippen LogP contribution in [0.5, 0.6) is 0 Å². The Labute approximate surface area is 274 Å². The Bertz CT molecular complexity index is 1860. The number of aryl methyl sites for hydroxylation is 1. The number of hydrogen-bond acceptors (Lipinski definition) is 5. The van der Waals surface area contributed by atoms with Gasteiger partial charge in [0.05, 0.1) is 15.8 Å². The van der Waals surface area contributed by atoms with E-state index >= 15 is 0 Å². The quantitative estimate of drug-likeness (QED) is 0.0692. The largest absolute Gasteiger partial charge is 0.352 e. The van der Waals surface area contributed by atoms with Gasteiger partial charge in [-0.1, -0.05) is 129 Å². The van der Waals surface area contributed by atoms with Gasteiger partial charge < -0.3 is 4.57 Å². The Morgan fingerprint density at radius 2 is 1.13 bits per heavy atom. The van der Waals surface area contributed by atoms with Crippen LogP contribution in [-0.4, -0.2) is 24.9 Å². The van der Waals surface area contributed by atoms with Crippen LogP contribution < -0.4 is 11.2 Å². The van der Waals surface area contributed by atoms with E-state index in [4.69, 9.17) is 0 Å². The summed E-state index contributed by atoms with van der Waals surface area (Å²) in [5.41, 5.74) is 4.89. The third-order valence-corrected chi connectivity index (χ3v) is 10.3. The minimum absolute atomic E-state index is 0.259. The average molecular weight is 629 g/mol. The van der Waals surface area contributed by atoms with Crippen LogP contribution in [0.15, 0.2) is 125 Å². The SMILES string of the molecule is CCn1c2nc(=O)n(CCCCCCCCSC(c3ccccc3)(c3ccccc3)c3ccccc3)c(=O)c-2nc2ccccc21. The summed E-state index contributed by atoms with van der Waals surface area (Å²) in [6.45, 7) is 2.94. The maximum Gasteiger partial charge on any atom is 0.352 e. The van der Waals surface area contributed by atoms with Crippen molar-refractivity contribution in [3.8, 4) is 11.5 Å². The van der Waals surface area contributed by atoms with Crippen molar-refractivity contribution in [1.82, 2.24) is 19.1 Å². The molecule has 0 fully saturated rings. The van der Waals surface area contributed by atoms with E-state index in [0.717, 1.165) is 55.3 Å². The summed E-state index contributed by atoms with van der Waals surface area (Å²) in [5, 5.41) is 0. The van der Waals surface area contributed by atoms with Gasteiger partial charge in [-0.15, -0.1) is 11.8 Å². The number of nitrogens with zero attached hydrogens (tertiary/aromatic N) is 4. The predicted molar refractivity (Wildman–Crippen MR) is 190 cm³/mol. The molecule has 0 N–H and O–H groups in total. The van der Waals surface area contributed by atoms with Crippen molar-refractivity contribution in [2.45, 2.75) is 63.3 Å². The highest BCUT2D eigenvalue weighted by molar-refractivity contribution is 8.00. The van der Waals surface area contributed by atoms with Crippen molar-refractivity contribution in [2.75, 3.05) is 5.75 Å². The zero-order valence-electron chi connectivity index (χ0n) is 26.3. The highest BCUT2D eigenvalue weighted by atomic mass is 32.2. The maximum atomic E-state index is 13.3. The van der Waals surface area contributed by atoms with Gasteiger partial charge in [0.1, 0.15) is 0 Å². The third-order valence-electron chi connectivity index (χ3n) is 8.70. The molecule has 0 spiro atoms.